The normalized spacial score (nSPS) is 11.0. The molecule has 130 valence electrons. The van der Waals surface area contributed by atoms with Crippen molar-refractivity contribution < 1.29 is 9.53 Å². The highest BCUT2D eigenvalue weighted by molar-refractivity contribution is 5.95. The summed E-state index contributed by atoms with van der Waals surface area (Å²) in [4.78, 5) is 12.4. The number of ether oxygens (including phenoxy) is 1. The molecule has 0 atom stereocenters. The van der Waals surface area contributed by atoms with Gasteiger partial charge in [0.2, 0.25) is 0 Å². The van der Waals surface area contributed by atoms with Crippen molar-refractivity contribution >= 4 is 22.8 Å². The lowest BCUT2D eigenvalue weighted by atomic mass is 10.0. The van der Waals surface area contributed by atoms with E-state index in [-0.39, 0.29) is 0 Å². The van der Waals surface area contributed by atoms with Crippen LogP contribution in [0.2, 0.25) is 0 Å². The second-order valence-corrected chi connectivity index (χ2v) is 6.18. The van der Waals surface area contributed by atoms with Crippen LogP contribution in [0, 0.1) is 0 Å². The Morgan fingerprint density at radius 2 is 1.41 bits per heavy atom. The molecule has 0 amide bonds. The van der Waals surface area contributed by atoms with Crippen LogP contribution >= 0.6 is 0 Å². The molecule has 4 rings (SSSR count). The molecule has 27 heavy (non-hydrogen) atoms. The minimum atomic E-state index is -0.397. The first-order valence-electron chi connectivity index (χ1n) is 8.83. The summed E-state index contributed by atoms with van der Waals surface area (Å²) in [6.45, 7) is 0. The Morgan fingerprint density at radius 3 is 2.30 bits per heavy atom. The molecule has 0 aliphatic rings. The predicted molar refractivity (Wildman–Crippen MR) is 110 cm³/mol. The molecule has 2 heteroatoms. The first-order valence-corrected chi connectivity index (χ1v) is 8.83. The van der Waals surface area contributed by atoms with E-state index in [0.29, 0.717) is 5.75 Å². The molecule has 0 fully saturated rings. The largest absolute Gasteiger partial charge is 0.423 e. The third-order valence-electron chi connectivity index (χ3n) is 4.40. The molecule has 4 aromatic carbocycles. The molecule has 0 bridgehead atoms. The van der Waals surface area contributed by atoms with E-state index in [4.69, 9.17) is 4.74 Å². The minimum absolute atomic E-state index is 0.397. The van der Waals surface area contributed by atoms with Gasteiger partial charge >= 0.3 is 5.97 Å². The molecular weight excluding hydrogens is 332 g/mol. The molecule has 0 radical (unpaired) electrons. The monoisotopic (exact) mass is 350 g/mol. The second-order valence-electron chi connectivity index (χ2n) is 6.18. The lowest BCUT2D eigenvalue weighted by Crippen LogP contribution is -2.04. The van der Waals surface area contributed by atoms with Crippen LogP contribution in [0.4, 0.5) is 0 Å². The maximum atomic E-state index is 12.4. The van der Waals surface area contributed by atoms with E-state index in [1.165, 1.54) is 6.08 Å². The Labute approximate surface area is 158 Å². The number of esters is 1. The number of hydrogen-bond donors (Lipinski definition) is 0. The van der Waals surface area contributed by atoms with E-state index in [9.17, 15) is 4.79 Å². The maximum absolute atomic E-state index is 12.4. The first-order chi connectivity index (χ1) is 13.3. The van der Waals surface area contributed by atoms with Gasteiger partial charge < -0.3 is 4.74 Å². The van der Waals surface area contributed by atoms with Gasteiger partial charge in [-0.25, -0.2) is 4.79 Å². The Hall–Kier alpha value is -3.65. The SMILES string of the molecule is O=C(C=Cc1cccc2ccccc12)Oc1ccccc1-c1ccccc1. The number of benzene rings is 4. The zero-order valence-corrected chi connectivity index (χ0v) is 14.7. The van der Waals surface area contributed by atoms with E-state index >= 15 is 0 Å². The van der Waals surface area contributed by atoms with Crippen LogP contribution in [-0.2, 0) is 4.79 Å². The summed E-state index contributed by atoms with van der Waals surface area (Å²) in [6.07, 6.45) is 3.28. The van der Waals surface area contributed by atoms with Crippen LogP contribution < -0.4 is 4.74 Å². The number of carbonyl (C=O) groups is 1. The van der Waals surface area contributed by atoms with Gasteiger partial charge in [0.05, 0.1) is 0 Å². The molecule has 0 saturated heterocycles. The summed E-state index contributed by atoms with van der Waals surface area (Å²) in [7, 11) is 0. The number of hydrogen-bond acceptors (Lipinski definition) is 2. The van der Waals surface area contributed by atoms with Crippen molar-refractivity contribution in [2.45, 2.75) is 0 Å². The zero-order valence-electron chi connectivity index (χ0n) is 14.7. The number of para-hydroxylation sites is 1. The van der Waals surface area contributed by atoms with E-state index in [1.54, 1.807) is 6.08 Å². The molecule has 2 nitrogen and oxygen atoms in total. The van der Waals surface area contributed by atoms with Crippen molar-refractivity contribution in [3.8, 4) is 16.9 Å². The molecule has 0 aromatic heterocycles. The summed E-state index contributed by atoms with van der Waals surface area (Å²) >= 11 is 0. The van der Waals surface area contributed by atoms with Gasteiger partial charge in [-0.2, -0.15) is 0 Å². The third kappa shape index (κ3) is 3.80. The topological polar surface area (TPSA) is 26.3 Å². The fourth-order valence-electron chi connectivity index (χ4n) is 3.11. The fraction of sp³-hybridized carbons (Fsp3) is 0. The Morgan fingerprint density at radius 1 is 0.704 bits per heavy atom. The average Bonchev–Trinajstić information content (AvgIpc) is 2.73. The molecule has 0 aliphatic carbocycles. The number of fused-ring (bicyclic) bond motifs is 1. The van der Waals surface area contributed by atoms with Crippen LogP contribution in [0.3, 0.4) is 0 Å². The first kappa shape index (κ1) is 16.8. The highest BCUT2D eigenvalue weighted by atomic mass is 16.5. The minimum Gasteiger partial charge on any atom is -0.423 e. The van der Waals surface area contributed by atoms with Crippen molar-refractivity contribution in [1.82, 2.24) is 0 Å². The van der Waals surface area contributed by atoms with Gasteiger partial charge in [0.25, 0.3) is 0 Å². The van der Waals surface area contributed by atoms with Crippen molar-refractivity contribution in [2.75, 3.05) is 0 Å². The summed E-state index contributed by atoms with van der Waals surface area (Å²) < 4.78 is 5.61. The third-order valence-corrected chi connectivity index (χ3v) is 4.40. The van der Waals surface area contributed by atoms with Gasteiger partial charge in [0, 0.05) is 11.6 Å². The Balaban J connectivity index is 1.58. The molecule has 0 spiro atoms. The van der Waals surface area contributed by atoms with Gasteiger partial charge in [0.15, 0.2) is 0 Å². The Bertz CT molecular complexity index is 1110. The second kappa shape index (κ2) is 7.71. The summed E-state index contributed by atoms with van der Waals surface area (Å²) in [5, 5.41) is 2.25. The fourth-order valence-corrected chi connectivity index (χ4v) is 3.11. The zero-order chi connectivity index (χ0) is 18.5. The molecule has 0 unspecified atom stereocenters. The van der Waals surface area contributed by atoms with Gasteiger partial charge in [0.1, 0.15) is 5.75 Å². The quantitative estimate of drug-likeness (QED) is 0.251. The van der Waals surface area contributed by atoms with Gasteiger partial charge in [-0.15, -0.1) is 0 Å². The van der Waals surface area contributed by atoms with E-state index < -0.39 is 5.97 Å². The average molecular weight is 350 g/mol. The summed E-state index contributed by atoms with van der Waals surface area (Å²) in [6, 6.07) is 31.6. The highest BCUT2D eigenvalue weighted by Gasteiger charge is 2.08. The number of carbonyl (C=O) groups excluding carboxylic acids is 1. The molecule has 4 aromatic rings. The van der Waals surface area contributed by atoms with E-state index in [2.05, 4.69) is 12.1 Å². The van der Waals surface area contributed by atoms with Crippen molar-refractivity contribution in [2.24, 2.45) is 0 Å². The van der Waals surface area contributed by atoms with Crippen molar-refractivity contribution in [3.05, 3.63) is 109 Å². The molecule has 0 heterocycles. The predicted octanol–water partition coefficient (Wildman–Crippen LogP) is 6.13. The number of rotatable bonds is 4. The Kier molecular flexibility index (Phi) is 4.80. The van der Waals surface area contributed by atoms with Crippen molar-refractivity contribution in [1.29, 1.82) is 0 Å². The highest BCUT2D eigenvalue weighted by Crippen LogP contribution is 2.29. The van der Waals surface area contributed by atoms with Gasteiger partial charge in [-0.1, -0.05) is 91.0 Å². The standard InChI is InChI=1S/C25H18O2/c26-25(18-17-21-13-8-12-19-11-4-5-14-22(19)21)27-24-16-7-6-15-23(24)20-9-2-1-3-10-20/h1-18H. The molecule has 0 saturated carbocycles. The maximum Gasteiger partial charge on any atom is 0.336 e. The molecule has 0 aliphatic heterocycles. The lowest BCUT2D eigenvalue weighted by Gasteiger charge is -2.09. The van der Waals surface area contributed by atoms with Crippen LogP contribution in [0.5, 0.6) is 5.75 Å². The van der Waals surface area contributed by atoms with E-state index in [1.807, 2.05) is 84.9 Å². The smallest absolute Gasteiger partial charge is 0.336 e. The molecule has 0 N–H and O–H groups in total. The van der Waals surface area contributed by atoms with Crippen molar-refractivity contribution in [3.63, 3.8) is 0 Å². The lowest BCUT2D eigenvalue weighted by molar-refractivity contribution is -0.128. The summed E-state index contributed by atoms with van der Waals surface area (Å²) in [5.74, 6) is 0.155. The van der Waals surface area contributed by atoms with Gasteiger partial charge in [-0.3, -0.25) is 0 Å². The van der Waals surface area contributed by atoms with Crippen LogP contribution in [0.15, 0.2) is 103 Å². The van der Waals surface area contributed by atoms with E-state index in [0.717, 1.165) is 27.5 Å². The van der Waals surface area contributed by atoms with Gasteiger partial charge in [-0.05, 0) is 34.0 Å². The van der Waals surface area contributed by atoms with Crippen LogP contribution in [0.25, 0.3) is 28.0 Å². The van der Waals surface area contributed by atoms with Crippen LogP contribution in [-0.4, -0.2) is 5.97 Å². The molecular formula is C25H18O2. The summed E-state index contributed by atoms with van der Waals surface area (Å²) in [5.41, 5.74) is 2.89. The van der Waals surface area contributed by atoms with Crippen LogP contribution in [0.1, 0.15) is 5.56 Å².